The van der Waals surface area contributed by atoms with Crippen molar-refractivity contribution >= 4 is 50.5 Å². The van der Waals surface area contributed by atoms with Gasteiger partial charge in [0.25, 0.3) is 11.8 Å². The molecule has 5 nitrogen and oxygen atoms in total. The number of fused-ring (bicyclic) bond motifs is 1. The van der Waals surface area contributed by atoms with Crippen LogP contribution in [0.2, 0.25) is 5.02 Å². The van der Waals surface area contributed by atoms with Crippen LogP contribution in [0.15, 0.2) is 42.5 Å². The van der Waals surface area contributed by atoms with E-state index in [9.17, 15) is 9.59 Å². The molecule has 0 saturated carbocycles. The van der Waals surface area contributed by atoms with E-state index in [4.69, 9.17) is 16.3 Å². The fraction of sp³-hybridized carbons (Fsp3) is 0.158. The van der Waals surface area contributed by atoms with Crippen LogP contribution in [0.5, 0.6) is 5.75 Å². The van der Waals surface area contributed by atoms with Crippen molar-refractivity contribution in [1.82, 2.24) is 4.90 Å². The Labute approximate surface area is 160 Å². The highest BCUT2D eigenvalue weighted by Gasteiger charge is 2.18. The van der Waals surface area contributed by atoms with Crippen molar-refractivity contribution in [2.45, 2.75) is 0 Å². The van der Waals surface area contributed by atoms with Gasteiger partial charge in [-0.05, 0) is 42.5 Å². The van der Waals surface area contributed by atoms with Crippen molar-refractivity contribution < 1.29 is 14.3 Å². The Bertz CT molecular complexity index is 980. The number of thiophene rings is 1. The fourth-order valence-electron chi connectivity index (χ4n) is 2.46. The van der Waals surface area contributed by atoms with E-state index in [0.717, 1.165) is 10.1 Å². The molecule has 0 aliphatic carbocycles. The number of ether oxygens (including phenoxy) is 1. The molecule has 1 heterocycles. The molecule has 0 unspecified atom stereocenters. The minimum absolute atomic E-state index is 0.0932. The lowest BCUT2D eigenvalue weighted by Gasteiger charge is -2.10. The molecule has 1 N–H and O–H groups in total. The third kappa shape index (κ3) is 3.52. The standard InChI is InChI=1S/C19H17ClN2O3S/c1-22(2)19(24)11-4-6-12(7-5-11)21-18(23)17-16(20)14-9-8-13(25-3)10-15(14)26-17/h4-10H,1-3H3,(H,21,23). The highest BCUT2D eigenvalue weighted by molar-refractivity contribution is 7.21. The number of benzene rings is 2. The van der Waals surface area contributed by atoms with Gasteiger partial charge in [-0.25, -0.2) is 0 Å². The van der Waals surface area contributed by atoms with Gasteiger partial charge < -0.3 is 15.0 Å². The first kappa shape index (κ1) is 18.2. The summed E-state index contributed by atoms with van der Waals surface area (Å²) in [4.78, 5) is 26.4. The second kappa shape index (κ2) is 7.35. The van der Waals surface area contributed by atoms with Crippen LogP contribution in [0.1, 0.15) is 20.0 Å². The van der Waals surface area contributed by atoms with Crippen LogP contribution in [0, 0.1) is 0 Å². The molecule has 0 radical (unpaired) electrons. The third-order valence-corrected chi connectivity index (χ3v) is 5.49. The molecule has 0 spiro atoms. The molecule has 1 aromatic heterocycles. The van der Waals surface area contributed by atoms with Gasteiger partial charge in [0, 0.05) is 35.4 Å². The summed E-state index contributed by atoms with van der Waals surface area (Å²) in [6, 6.07) is 12.2. The molecule has 0 aliphatic heterocycles. The quantitative estimate of drug-likeness (QED) is 0.715. The molecule has 0 aliphatic rings. The van der Waals surface area contributed by atoms with Gasteiger partial charge in [-0.15, -0.1) is 11.3 Å². The number of rotatable bonds is 4. The number of hydrogen-bond acceptors (Lipinski definition) is 4. The Morgan fingerprint density at radius 2 is 1.81 bits per heavy atom. The molecule has 0 atom stereocenters. The third-order valence-electron chi connectivity index (χ3n) is 3.84. The van der Waals surface area contributed by atoms with Gasteiger partial charge in [-0.2, -0.15) is 0 Å². The topological polar surface area (TPSA) is 58.6 Å². The zero-order valence-corrected chi connectivity index (χ0v) is 16.1. The Morgan fingerprint density at radius 1 is 1.12 bits per heavy atom. The summed E-state index contributed by atoms with van der Waals surface area (Å²) in [5.74, 6) is 0.328. The van der Waals surface area contributed by atoms with E-state index in [1.54, 1.807) is 45.5 Å². The Balaban J connectivity index is 1.83. The summed E-state index contributed by atoms with van der Waals surface area (Å²) in [5, 5.41) is 4.05. The molecule has 0 fully saturated rings. The second-order valence-corrected chi connectivity index (χ2v) is 7.27. The maximum atomic E-state index is 12.6. The molecule has 7 heteroatoms. The maximum absolute atomic E-state index is 12.6. The highest BCUT2D eigenvalue weighted by atomic mass is 35.5. The number of carbonyl (C=O) groups excluding carboxylic acids is 2. The number of methoxy groups -OCH3 is 1. The second-order valence-electron chi connectivity index (χ2n) is 5.84. The largest absolute Gasteiger partial charge is 0.497 e. The van der Waals surface area contributed by atoms with Crippen molar-refractivity contribution in [3.63, 3.8) is 0 Å². The van der Waals surface area contributed by atoms with Gasteiger partial charge in [-0.1, -0.05) is 11.6 Å². The molecule has 26 heavy (non-hydrogen) atoms. The average Bonchev–Trinajstić information content (AvgIpc) is 2.97. The maximum Gasteiger partial charge on any atom is 0.267 e. The van der Waals surface area contributed by atoms with Gasteiger partial charge in [-0.3, -0.25) is 9.59 Å². The molecule has 3 aromatic rings. The van der Waals surface area contributed by atoms with Gasteiger partial charge in [0.2, 0.25) is 0 Å². The number of carbonyl (C=O) groups is 2. The molecular formula is C19H17ClN2O3S. The number of anilines is 1. The number of nitrogens with zero attached hydrogens (tertiary/aromatic N) is 1. The first-order valence-corrected chi connectivity index (χ1v) is 8.99. The van der Waals surface area contributed by atoms with Crippen molar-refractivity contribution in [2.75, 3.05) is 26.5 Å². The van der Waals surface area contributed by atoms with Crippen LogP contribution in [0.25, 0.3) is 10.1 Å². The van der Waals surface area contributed by atoms with E-state index in [1.165, 1.54) is 16.2 Å². The van der Waals surface area contributed by atoms with Gasteiger partial charge >= 0.3 is 0 Å². The van der Waals surface area contributed by atoms with Crippen LogP contribution >= 0.6 is 22.9 Å². The first-order chi connectivity index (χ1) is 12.4. The van der Waals surface area contributed by atoms with E-state index in [-0.39, 0.29) is 11.8 Å². The van der Waals surface area contributed by atoms with Crippen LogP contribution in [0.4, 0.5) is 5.69 Å². The number of amides is 2. The summed E-state index contributed by atoms with van der Waals surface area (Å²) in [6.07, 6.45) is 0. The van der Waals surface area contributed by atoms with E-state index < -0.39 is 0 Å². The number of hydrogen-bond donors (Lipinski definition) is 1. The van der Waals surface area contributed by atoms with Crippen LogP contribution in [-0.2, 0) is 0 Å². The van der Waals surface area contributed by atoms with Crippen molar-refractivity contribution in [3.8, 4) is 5.75 Å². The zero-order chi connectivity index (χ0) is 18.8. The summed E-state index contributed by atoms with van der Waals surface area (Å²) in [6.45, 7) is 0. The predicted molar refractivity (Wildman–Crippen MR) is 106 cm³/mol. The smallest absolute Gasteiger partial charge is 0.267 e. The number of halogens is 1. The van der Waals surface area contributed by atoms with Crippen molar-refractivity contribution in [3.05, 3.63) is 57.9 Å². The first-order valence-electron chi connectivity index (χ1n) is 7.80. The van der Waals surface area contributed by atoms with Crippen molar-refractivity contribution in [2.24, 2.45) is 0 Å². The summed E-state index contributed by atoms with van der Waals surface area (Å²) in [7, 11) is 4.97. The number of nitrogens with one attached hydrogen (secondary N) is 1. The molecular weight excluding hydrogens is 372 g/mol. The summed E-state index contributed by atoms with van der Waals surface area (Å²) >= 11 is 7.68. The van der Waals surface area contributed by atoms with Gasteiger partial charge in [0.05, 0.1) is 12.1 Å². The lowest BCUT2D eigenvalue weighted by molar-refractivity contribution is 0.0827. The van der Waals surface area contributed by atoms with E-state index >= 15 is 0 Å². The highest BCUT2D eigenvalue weighted by Crippen LogP contribution is 2.37. The Kier molecular flexibility index (Phi) is 5.15. The Morgan fingerprint density at radius 3 is 2.42 bits per heavy atom. The van der Waals surface area contributed by atoms with Gasteiger partial charge in [0.15, 0.2) is 0 Å². The minimum atomic E-state index is -0.290. The minimum Gasteiger partial charge on any atom is -0.497 e. The summed E-state index contributed by atoms with van der Waals surface area (Å²) in [5.41, 5.74) is 1.15. The Hall–Kier alpha value is -2.57. The SMILES string of the molecule is COc1ccc2c(Cl)c(C(=O)Nc3ccc(C(=O)N(C)C)cc3)sc2c1. The fourth-order valence-corrected chi connectivity index (χ4v) is 3.90. The predicted octanol–water partition coefficient (Wildman–Crippen LogP) is 4.52. The molecule has 0 saturated heterocycles. The lowest BCUT2D eigenvalue weighted by atomic mass is 10.2. The van der Waals surface area contributed by atoms with E-state index in [2.05, 4.69) is 5.32 Å². The van der Waals surface area contributed by atoms with Crippen LogP contribution < -0.4 is 10.1 Å². The van der Waals surface area contributed by atoms with Crippen LogP contribution in [0.3, 0.4) is 0 Å². The van der Waals surface area contributed by atoms with Crippen LogP contribution in [-0.4, -0.2) is 37.9 Å². The van der Waals surface area contributed by atoms with Crippen molar-refractivity contribution in [1.29, 1.82) is 0 Å². The molecule has 134 valence electrons. The summed E-state index contributed by atoms with van der Waals surface area (Å²) < 4.78 is 6.09. The van der Waals surface area contributed by atoms with E-state index in [1.807, 2.05) is 18.2 Å². The zero-order valence-electron chi connectivity index (χ0n) is 14.5. The molecule has 0 bridgehead atoms. The lowest BCUT2D eigenvalue weighted by Crippen LogP contribution is -2.21. The monoisotopic (exact) mass is 388 g/mol. The molecule has 2 aromatic carbocycles. The average molecular weight is 389 g/mol. The molecule has 2 amide bonds. The normalized spacial score (nSPS) is 10.6. The molecule has 3 rings (SSSR count). The van der Waals surface area contributed by atoms with Gasteiger partial charge in [0.1, 0.15) is 10.6 Å². The van der Waals surface area contributed by atoms with E-state index in [0.29, 0.717) is 26.9 Å².